The van der Waals surface area contributed by atoms with Gasteiger partial charge in [0.2, 0.25) is 0 Å². The van der Waals surface area contributed by atoms with Gasteiger partial charge in [0, 0.05) is 38.1 Å². The number of anilines is 1. The zero-order valence-electron chi connectivity index (χ0n) is 15.7. The van der Waals surface area contributed by atoms with Gasteiger partial charge in [0.1, 0.15) is 11.7 Å². The minimum Gasteiger partial charge on any atom is -0.451 e. The first-order valence-electron chi connectivity index (χ1n) is 9.43. The molecule has 1 amide bonds. The molecule has 1 saturated heterocycles. The Labute approximate surface area is 166 Å². The maximum Gasteiger partial charge on any atom is 0.287 e. The molecule has 1 N–H and O–H groups in total. The fourth-order valence-corrected chi connectivity index (χ4v) is 3.53. The molecule has 2 aromatic heterocycles. The highest BCUT2D eigenvalue weighted by molar-refractivity contribution is 5.93. The Balaban J connectivity index is 1.35. The third-order valence-electron chi connectivity index (χ3n) is 5.11. The molecule has 0 radical (unpaired) electrons. The lowest BCUT2D eigenvalue weighted by Gasteiger charge is -2.32. The number of nitrogens with one attached hydrogen (secondary N) is 1. The number of aromatic nitrogens is 2. The van der Waals surface area contributed by atoms with E-state index in [1.165, 1.54) is 12.3 Å². The van der Waals surface area contributed by atoms with E-state index >= 15 is 0 Å². The first kappa shape index (κ1) is 18.6. The van der Waals surface area contributed by atoms with Gasteiger partial charge in [0.05, 0.1) is 5.39 Å². The molecule has 1 fully saturated rings. The summed E-state index contributed by atoms with van der Waals surface area (Å²) in [5.74, 6) is 0.528. The fraction of sp³-hybridized carbons (Fsp3) is 0.286. The highest BCUT2D eigenvalue weighted by Crippen LogP contribution is 2.23. The smallest absolute Gasteiger partial charge is 0.287 e. The van der Waals surface area contributed by atoms with Crippen LogP contribution in [-0.2, 0) is 0 Å². The molecule has 4 rings (SSSR count). The number of hydrogen-bond donors (Lipinski definition) is 1. The van der Waals surface area contributed by atoms with Gasteiger partial charge in [-0.25, -0.2) is 9.97 Å². The second-order valence-electron chi connectivity index (χ2n) is 6.95. The van der Waals surface area contributed by atoms with E-state index in [9.17, 15) is 14.9 Å². The summed E-state index contributed by atoms with van der Waals surface area (Å²) in [6.45, 7) is 1.97. The van der Waals surface area contributed by atoms with Crippen LogP contribution in [0.5, 0.6) is 0 Å². The predicted octanol–water partition coefficient (Wildman–Crippen LogP) is 2.10. The number of hydrogen-bond acceptors (Lipinski definition) is 7. The quantitative estimate of drug-likeness (QED) is 0.727. The molecule has 0 saturated carbocycles. The number of amides is 1. The number of para-hydroxylation sites is 1. The molecule has 146 valence electrons. The van der Waals surface area contributed by atoms with Crippen molar-refractivity contribution in [1.29, 1.82) is 5.26 Å². The van der Waals surface area contributed by atoms with Gasteiger partial charge >= 0.3 is 0 Å². The van der Waals surface area contributed by atoms with Crippen LogP contribution in [0.2, 0.25) is 0 Å². The van der Waals surface area contributed by atoms with Crippen molar-refractivity contribution in [2.45, 2.75) is 12.8 Å². The Bertz CT molecular complexity index is 1140. The summed E-state index contributed by atoms with van der Waals surface area (Å²) in [5, 5.41) is 12.5. The lowest BCUT2D eigenvalue weighted by atomic mass is 9.96. The number of rotatable bonds is 4. The number of carbonyl (C=O) groups excluding carboxylic acids is 1. The molecule has 0 unspecified atom stereocenters. The standard InChI is InChI=1S/C21H19N5O3/c22-12-16-20(24-8-7-23-16)26-9-5-14(6-10-26)13-25-21(28)19-11-17(27)15-3-1-2-4-18(15)29-19/h1-4,7-8,11,14H,5-6,9-10,13H2,(H,25,28). The number of carbonyl (C=O) groups is 1. The van der Waals surface area contributed by atoms with Gasteiger partial charge in [-0.1, -0.05) is 12.1 Å². The van der Waals surface area contributed by atoms with Crippen molar-refractivity contribution in [3.8, 4) is 6.07 Å². The van der Waals surface area contributed by atoms with Crippen LogP contribution < -0.4 is 15.6 Å². The lowest BCUT2D eigenvalue weighted by Crippen LogP contribution is -2.39. The summed E-state index contributed by atoms with van der Waals surface area (Å²) in [6, 6.07) is 10.2. The molecular weight excluding hydrogens is 370 g/mol. The van der Waals surface area contributed by atoms with E-state index in [-0.39, 0.29) is 11.2 Å². The van der Waals surface area contributed by atoms with Crippen LogP contribution in [0.25, 0.3) is 11.0 Å². The van der Waals surface area contributed by atoms with Crippen LogP contribution in [0.15, 0.2) is 51.9 Å². The normalized spacial score (nSPS) is 14.5. The minimum atomic E-state index is -0.393. The van der Waals surface area contributed by atoms with Gasteiger partial charge in [0.15, 0.2) is 22.7 Å². The Morgan fingerprint density at radius 1 is 1.24 bits per heavy atom. The van der Waals surface area contributed by atoms with Crippen LogP contribution in [0.4, 0.5) is 5.82 Å². The summed E-state index contributed by atoms with van der Waals surface area (Å²) in [4.78, 5) is 35.0. The van der Waals surface area contributed by atoms with Crippen LogP contribution in [0.3, 0.4) is 0 Å². The SMILES string of the molecule is N#Cc1nccnc1N1CCC(CNC(=O)c2cc(=O)c3ccccc3o2)CC1. The molecule has 3 heterocycles. The van der Waals surface area contributed by atoms with Gasteiger partial charge in [-0.2, -0.15) is 5.26 Å². The van der Waals surface area contributed by atoms with Crippen LogP contribution in [0, 0.1) is 17.2 Å². The van der Waals surface area contributed by atoms with Crippen LogP contribution in [0.1, 0.15) is 29.1 Å². The molecule has 3 aromatic rings. The van der Waals surface area contributed by atoms with E-state index in [2.05, 4.69) is 21.4 Å². The van der Waals surface area contributed by atoms with Crippen LogP contribution >= 0.6 is 0 Å². The molecule has 29 heavy (non-hydrogen) atoms. The van der Waals surface area contributed by atoms with E-state index in [1.807, 2.05) is 4.90 Å². The summed E-state index contributed by atoms with van der Waals surface area (Å²) < 4.78 is 5.58. The Morgan fingerprint density at radius 3 is 2.79 bits per heavy atom. The number of piperidine rings is 1. The molecule has 1 aromatic carbocycles. The third kappa shape index (κ3) is 3.94. The minimum absolute atomic E-state index is 0.0179. The van der Waals surface area contributed by atoms with Crippen molar-refractivity contribution >= 4 is 22.7 Å². The van der Waals surface area contributed by atoms with Crippen LogP contribution in [-0.4, -0.2) is 35.5 Å². The van der Waals surface area contributed by atoms with E-state index < -0.39 is 5.91 Å². The summed E-state index contributed by atoms with van der Waals surface area (Å²) in [6.07, 6.45) is 4.79. The maximum absolute atomic E-state index is 12.4. The lowest BCUT2D eigenvalue weighted by molar-refractivity contribution is 0.0917. The van der Waals surface area contributed by atoms with E-state index in [0.29, 0.717) is 34.9 Å². The molecule has 8 heteroatoms. The van der Waals surface area contributed by atoms with Gasteiger partial charge in [-0.15, -0.1) is 0 Å². The molecule has 0 aliphatic carbocycles. The fourth-order valence-electron chi connectivity index (χ4n) is 3.53. The second-order valence-corrected chi connectivity index (χ2v) is 6.95. The Morgan fingerprint density at radius 2 is 2.00 bits per heavy atom. The zero-order valence-corrected chi connectivity index (χ0v) is 15.7. The topological polar surface area (TPSA) is 112 Å². The van der Waals surface area contributed by atoms with Gasteiger partial charge in [-0.3, -0.25) is 9.59 Å². The van der Waals surface area contributed by atoms with Crippen molar-refractivity contribution in [2.24, 2.45) is 5.92 Å². The summed E-state index contributed by atoms with van der Waals surface area (Å²) in [7, 11) is 0. The first-order valence-corrected chi connectivity index (χ1v) is 9.43. The molecule has 1 aliphatic rings. The van der Waals surface area contributed by atoms with Crippen molar-refractivity contribution in [1.82, 2.24) is 15.3 Å². The predicted molar refractivity (Wildman–Crippen MR) is 107 cm³/mol. The average Bonchev–Trinajstić information content (AvgIpc) is 2.77. The highest BCUT2D eigenvalue weighted by Gasteiger charge is 2.23. The first-order chi connectivity index (χ1) is 14.2. The average molecular weight is 389 g/mol. The van der Waals surface area contributed by atoms with E-state index in [1.54, 1.807) is 30.5 Å². The van der Waals surface area contributed by atoms with E-state index in [4.69, 9.17) is 4.42 Å². The van der Waals surface area contributed by atoms with Gasteiger partial charge in [0.25, 0.3) is 5.91 Å². The Kier molecular flexibility index (Phi) is 5.20. The number of nitrogens with zero attached hydrogens (tertiary/aromatic N) is 4. The van der Waals surface area contributed by atoms with Crippen molar-refractivity contribution < 1.29 is 9.21 Å². The molecule has 0 bridgehead atoms. The monoisotopic (exact) mass is 389 g/mol. The van der Waals surface area contributed by atoms with E-state index in [0.717, 1.165) is 25.9 Å². The number of benzene rings is 1. The van der Waals surface area contributed by atoms with Gasteiger partial charge < -0.3 is 14.6 Å². The molecule has 0 atom stereocenters. The molecule has 0 spiro atoms. The summed E-state index contributed by atoms with van der Waals surface area (Å²) in [5.41, 5.74) is 0.490. The maximum atomic E-state index is 12.4. The van der Waals surface area contributed by atoms with Crippen molar-refractivity contribution in [2.75, 3.05) is 24.5 Å². The largest absolute Gasteiger partial charge is 0.451 e. The zero-order chi connectivity index (χ0) is 20.2. The van der Waals surface area contributed by atoms with Gasteiger partial charge in [-0.05, 0) is 30.9 Å². The third-order valence-corrected chi connectivity index (χ3v) is 5.11. The molecular formula is C21H19N5O3. The van der Waals surface area contributed by atoms with Crippen molar-refractivity contribution in [3.05, 3.63) is 64.4 Å². The highest BCUT2D eigenvalue weighted by atomic mass is 16.3. The molecule has 1 aliphatic heterocycles. The summed E-state index contributed by atoms with van der Waals surface area (Å²) >= 11 is 0. The number of nitriles is 1. The number of fused-ring (bicyclic) bond motifs is 1. The molecule has 8 nitrogen and oxygen atoms in total. The second kappa shape index (κ2) is 8.10. The Hall–Kier alpha value is -3.73. The van der Waals surface area contributed by atoms with Crippen molar-refractivity contribution in [3.63, 3.8) is 0 Å².